The van der Waals surface area contributed by atoms with E-state index in [0.29, 0.717) is 0 Å². The minimum atomic E-state index is -1.10. The lowest BCUT2D eigenvalue weighted by atomic mass is 10.0. The van der Waals surface area contributed by atoms with Gasteiger partial charge in [0.15, 0.2) is 0 Å². The fraction of sp³-hybridized carbons (Fsp3) is 0.308. The van der Waals surface area contributed by atoms with E-state index in [1.807, 2.05) is 6.07 Å². The van der Waals surface area contributed by atoms with Crippen LogP contribution in [0.1, 0.15) is 5.56 Å². The van der Waals surface area contributed by atoms with Crippen molar-refractivity contribution in [2.24, 2.45) is 0 Å². The first kappa shape index (κ1) is 13.1. The molecule has 0 aliphatic carbocycles. The lowest BCUT2D eigenvalue weighted by Gasteiger charge is -2.31. The third kappa shape index (κ3) is 2.90. The molecule has 2 amide bonds. The average Bonchev–Trinajstić information content (AvgIpc) is 2.40. The number of carboxylic acids is 1. The summed E-state index contributed by atoms with van der Waals surface area (Å²) in [6.45, 7) is 0.498. The van der Waals surface area contributed by atoms with Gasteiger partial charge in [0, 0.05) is 19.5 Å². The largest absolute Gasteiger partial charge is 0.480 e. The first-order valence-electron chi connectivity index (χ1n) is 5.95. The minimum Gasteiger partial charge on any atom is -0.480 e. The standard InChI is InChI=1S/C13H14N2O4/c16-11-12(17)15(7-6-14-11)10(13(18)19)8-9-4-2-1-3-5-9/h1-5,10H,6-8H2,(H,14,16)(H,18,19). The first-order valence-corrected chi connectivity index (χ1v) is 5.95. The monoisotopic (exact) mass is 262 g/mol. The van der Waals surface area contributed by atoms with Gasteiger partial charge in [-0.05, 0) is 5.56 Å². The Kier molecular flexibility index (Phi) is 3.79. The highest BCUT2D eigenvalue weighted by molar-refractivity contribution is 6.35. The van der Waals surface area contributed by atoms with Gasteiger partial charge in [-0.15, -0.1) is 0 Å². The van der Waals surface area contributed by atoms with E-state index < -0.39 is 23.8 Å². The Bertz CT molecular complexity index is 501. The third-order valence-corrected chi connectivity index (χ3v) is 3.03. The highest BCUT2D eigenvalue weighted by atomic mass is 16.4. The van der Waals surface area contributed by atoms with Crippen molar-refractivity contribution in [3.8, 4) is 0 Å². The van der Waals surface area contributed by atoms with Gasteiger partial charge in [0.2, 0.25) is 0 Å². The van der Waals surface area contributed by atoms with E-state index in [9.17, 15) is 19.5 Å². The average molecular weight is 262 g/mol. The van der Waals surface area contributed by atoms with E-state index in [4.69, 9.17) is 0 Å². The van der Waals surface area contributed by atoms with E-state index in [-0.39, 0.29) is 19.5 Å². The van der Waals surface area contributed by atoms with E-state index in [1.54, 1.807) is 24.3 Å². The van der Waals surface area contributed by atoms with Crippen LogP contribution in [0.5, 0.6) is 0 Å². The van der Waals surface area contributed by atoms with Crippen LogP contribution in [0.4, 0.5) is 0 Å². The van der Waals surface area contributed by atoms with Gasteiger partial charge in [0.1, 0.15) is 6.04 Å². The SMILES string of the molecule is O=C1NCCN(C(Cc2ccccc2)C(=O)O)C1=O. The highest BCUT2D eigenvalue weighted by Gasteiger charge is 2.35. The molecule has 0 radical (unpaired) electrons. The number of aliphatic carboxylic acids is 1. The van der Waals surface area contributed by atoms with Gasteiger partial charge < -0.3 is 15.3 Å². The molecule has 1 heterocycles. The van der Waals surface area contributed by atoms with E-state index in [2.05, 4.69) is 5.32 Å². The van der Waals surface area contributed by atoms with Crippen LogP contribution in [0.25, 0.3) is 0 Å². The Balaban J connectivity index is 2.18. The summed E-state index contributed by atoms with van der Waals surface area (Å²) in [5.41, 5.74) is 0.814. The van der Waals surface area contributed by atoms with Gasteiger partial charge in [-0.25, -0.2) is 4.79 Å². The van der Waals surface area contributed by atoms with Gasteiger partial charge in [-0.3, -0.25) is 9.59 Å². The second-order valence-electron chi connectivity index (χ2n) is 4.30. The van der Waals surface area contributed by atoms with Crippen molar-refractivity contribution in [2.75, 3.05) is 13.1 Å². The lowest BCUT2D eigenvalue weighted by molar-refractivity contribution is -0.156. The molecule has 0 saturated carbocycles. The van der Waals surface area contributed by atoms with Crippen LogP contribution in [0.3, 0.4) is 0 Å². The van der Waals surface area contributed by atoms with Gasteiger partial charge in [0.05, 0.1) is 0 Å². The molecule has 6 nitrogen and oxygen atoms in total. The van der Waals surface area contributed by atoms with Crippen molar-refractivity contribution in [2.45, 2.75) is 12.5 Å². The van der Waals surface area contributed by atoms with Crippen LogP contribution in [0.2, 0.25) is 0 Å². The molecule has 1 aliphatic rings. The molecule has 1 aliphatic heterocycles. The zero-order chi connectivity index (χ0) is 13.8. The number of benzene rings is 1. The molecule has 1 fully saturated rings. The molecule has 1 aromatic rings. The predicted molar refractivity (Wildman–Crippen MR) is 66.3 cm³/mol. The van der Waals surface area contributed by atoms with Crippen LogP contribution < -0.4 is 5.32 Å². The summed E-state index contributed by atoms with van der Waals surface area (Å²) in [6, 6.07) is 8.02. The zero-order valence-electron chi connectivity index (χ0n) is 10.2. The fourth-order valence-corrected chi connectivity index (χ4v) is 2.06. The fourth-order valence-electron chi connectivity index (χ4n) is 2.06. The Hall–Kier alpha value is -2.37. The van der Waals surface area contributed by atoms with Gasteiger partial charge in [-0.1, -0.05) is 30.3 Å². The number of hydrogen-bond acceptors (Lipinski definition) is 3. The molecule has 19 heavy (non-hydrogen) atoms. The summed E-state index contributed by atoms with van der Waals surface area (Å²) >= 11 is 0. The van der Waals surface area contributed by atoms with Crippen LogP contribution in [-0.2, 0) is 20.8 Å². The van der Waals surface area contributed by atoms with E-state index >= 15 is 0 Å². The number of nitrogens with zero attached hydrogens (tertiary/aromatic N) is 1. The first-order chi connectivity index (χ1) is 9.09. The highest BCUT2D eigenvalue weighted by Crippen LogP contribution is 2.11. The Labute approximate surface area is 110 Å². The normalized spacial score (nSPS) is 16.9. The van der Waals surface area contributed by atoms with Gasteiger partial charge >= 0.3 is 17.8 Å². The van der Waals surface area contributed by atoms with Crippen LogP contribution >= 0.6 is 0 Å². The lowest BCUT2D eigenvalue weighted by Crippen LogP contribution is -2.58. The second-order valence-corrected chi connectivity index (χ2v) is 4.30. The molecule has 1 atom stereocenters. The van der Waals surface area contributed by atoms with Crippen molar-refractivity contribution in [1.29, 1.82) is 0 Å². The number of rotatable bonds is 4. The molecule has 6 heteroatoms. The van der Waals surface area contributed by atoms with Crippen molar-refractivity contribution in [3.05, 3.63) is 35.9 Å². The summed E-state index contributed by atoms with van der Waals surface area (Å²) < 4.78 is 0. The van der Waals surface area contributed by atoms with Crippen LogP contribution in [0.15, 0.2) is 30.3 Å². The maximum atomic E-state index is 11.7. The Morgan fingerprint density at radius 1 is 1.32 bits per heavy atom. The number of piperazine rings is 1. The number of carbonyl (C=O) groups excluding carboxylic acids is 2. The molecular weight excluding hydrogens is 248 g/mol. The molecule has 0 bridgehead atoms. The van der Waals surface area contributed by atoms with Crippen molar-refractivity contribution < 1.29 is 19.5 Å². The second kappa shape index (κ2) is 5.51. The summed E-state index contributed by atoms with van der Waals surface area (Å²) in [5.74, 6) is -2.63. The van der Waals surface area contributed by atoms with E-state index in [0.717, 1.165) is 10.5 Å². The van der Waals surface area contributed by atoms with Gasteiger partial charge in [-0.2, -0.15) is 0 Å². The quantitative estimate of drug-likeness (QED) is 0.725. The third-order valence-electron chi connectivity index (χ3n) is 3.03. The number of amides is 2. The zero-order valence-corrected chi connectivity index (χ0v) is 10.2. The maximum absolute atomic E-state index is 11.7. The molecular formula is C13H14N2O4. The molecule has 0 spiro atoms. The summed E-state index contributed by atoms with van der Waals surface area (Å²) in [6.07, 6.45) is 0.190. The van der Waals surface area contributed by atoms with Crippen molar-refractivity contribution in [3.63, 3.8) is 0 Å². The molecule has 1 unspecified atom stereocenters. The summed E-state index contributed by atoms with van der Waals surface area (Å²) in [4.78, 5) is 35.4. The Morgan fingerprint density at radius 2 is 2.00 bits per heavy atom. The smallest absolute Gasteiger partial charge is 0.326 e. The molecule has 0 aromatic heterocycles. The number of carboxylic acid groups (broad SMARTS) is 1. The van der Waals surface area contributed by atoms with Crippen LogP contribution in [-0.4, -0.2) is 46.9 Å². The topological polar surface area (TPSA) is 86.7 Å². The molecule has 1 aromatic carbocycles. The number of carbonyl (C=O) groups is 3. The molecule has 2 N–H and O–H groups in total. The predicted octanol–water partition coefficient (Wildman–Crippen LogP) is -0.359. The molecule has 100 valence electrons. The Morgan fingerprint density at radius 3 is 2.63 bits per heavy atom. The van der Waals surface area contributed by atoms with Crippen molar-refractivity contribution >= 4 is 17.8 Å². The maximum Gasteiger partial charge on any atom is 0.326 e. The summed E-state index contributed by atoms with van der Waals surface area (Å²) in [5, 5.41) is 11.7. The molecule has 2 rings (SSSR count). The van der Waals surface area contributed by atoms with Gasteiger partial charge in [0.25, 0.3) is 0 Å². The number of hydrogen-bond donors (Lipinski definition) is 2. The van der Waals surface area contributed by atoms with Crippen molar-refractivity contribution in [1.82, 2.24) is 10.2 Å². The minimum absolute atomic E-state index is 0.190. The summed E-state index contributed by atoms with van der Waals surface area (Å²) in [7, 11) is 0. The molecule has 1 saturated heterocycles. The van der Waals surface area contributed by atoms with Crippen LogP contribution in [0, 0.1) is 0 Å². The van der Waals surface area contributed by atoms with E-state index in [1.165, 1.54) is 0 Å². The number of nitrogens with one attached hydrogen (secondary N) is 1.